The summed E-state index contributed by atoms with van der Waals surface area (Å²) in [6.45, 7) is 0. The molecule has 2 heterocycles. The molecule has 1 aromatic heterocycles. The fraction of sp³-hybridized carbons (Fsp3) is 0. The normalized spacial score (nSPS) is 12.7. The molecule has 0 atom stereocenters. The SMILES string of the molecule is c1ccc(-c2ccc(N(c3ccc(-c4ccc5c(c4)[Si](c4ccccc4)(c4ccccc4)c4ccc6sc7ccccc7c6c4-5)cc3)c3cccc4ccccc34)cc2)cc1. The van der Waals surface area contributed by atoms with Crippen LogP contribution >= 0.6 is 11.3 Å². The maximum Gasteiger partial charge on any atom is 0.180 e. The molecule has 1 aliphatic rings. The second-order valence-electron chi connectivity index (χ2n) is 16.0. The summed E-state index contributed by atoms with van der Waals surface area (Å²) in [6, 6.07) is 88.0. The maximum atomic E-state index is 2.54. The number of fused-ring (bicyclic) bond motifs is 8. The van der Waals surface area contributed by atoms with Gasteiger partial charge in [0.2, 0.25) is 0 Å². The highest BCUT2D eigenvalue weighted by molar-refractivity contribution is 7.26. The van der Waals surface area contributed by atoms with E-state index >= 15 is 0 Å². The van der Waals surface area contributed by atoms with Gasteiger partial charge in [-0.1, -0.05) is 194 Å². The van der Waals surface area contributed by atoms with Crippen LogP contribution in [0, 0.1) is 0 Å². The van der Waals surface area contributed by atoms with Crippen molar-refractivity contribution < 1.29 is 0 Å². The second kappa shape index (κ2) is 14.5. The smallest absolute Gasteiger partial charge is 0.180 e. The maximum absolute atomic E-state index is 2.74. The fourth-order valence-corrected chi connectivity index (χ4v) is 16.4. The van der Waals surface area contributed by atoms with E-state index in [2.05, 4.69) is 241 Å². The van der Waals surface area contributed by atoms with E-state index in [1.54, 1.807) is 0 Å². The summed E-state index contributed by atoms with van der Waals surface area (Å²) in [5.74, 6) is 0. The van der Waals surface area contributed by atoms with Crippen LogP contribution in [0.3, 0.4) is 0 Å². The van der Waals surface area contributed by atoms with Crippen LogP contribution in [0.5, 0.6) is 0 Å². The van der Waals surface area contributed by atoms with Crippen LogP contribution in [0.1, 0.15) is 0 Å². The van der Waals surface area contributed by atoms with Gasteiger partial charge in [0.15, 0.2) is 8.07 Å². The lowest BCUT2D eigenvalue weighted by atomic mass is 9.97. The van der Waals surface area contributed by atoms with Crippen molar-refractivity contribution in [3.05, 3.63) is 237 Å². The largest absolute Gasteiger partial charge is 0.310 e. The van der Waals surface area contributed by atoms with Crippen LogP contribution in [-0.4, -0.2) is 8.07 Å². The first-order valence-corrected chi connectivity index (χ1v) is 23.8. The molecule has 0 amide bonds. The topological polar surface area (TPSA) is 3.24 Å². The standard InChI is InChI=1S/C58H39NSSi/c1-4-15-40(16-5-1)41-27-32-45(33-28-41)59(52-25-14-18-43-17-10-11-23-49(43)52)46-34-29-42(30-35-46)44-31-36-51-56(39-44)61(47-19-6-2-7-20-47,48-21-8-3-9-22-48)55-38-37-54-57(58(51)55)50-24-12-13-26-53(50)60-54/h1-39H. The van der Waals surface area contributed by atoms with E-state index in [4.69, 9.17) is 0 Å². The monoisotopic (exact) mass is 809 g/mol. The molecule has 1 aliphatic heterocycles. The Morgan fingerprint density at radius 1 is 0.361 bits per heavy atom. The third kappa shape index (κ3) is 5.66. The average molecular weight is 810 g/mol. The zero-order valence-corrected chi connectivity index (χ0v) is 35.2. The first-order chi connectivity index (χ1) is 30.3. The van der Waals surface area contributed by atoms with Gasteiger partial charge in [-0.25, -0.2) is 0 Å². The quantitative estimate of drug-likeness (QED) is 0.145. The van der Waals surface area contributed by atoms with Crippen molar-refractivity contribution >= 4 is 88.2 Å². The lowest BCUT2D eigenvalue weighted by molar-refractivity contribution is 1.30. The number of hydrogen-bond donors (Lipinski definition) is 0. The Morgan fingerprint density at radius 3 is 1.59 bits per heavy atom. The summed E-state index contributed by atoms with van der Waals surface area (Å²) in [7, 11) is -2.74. The van der Waals surface area contributed by atoms with Crippen molar-refractivity contribution in [2.24, 2.45) is 0 Å². The molecule has 11 aromatic rings. The van der Waals surface area contributed by atoms with Gasteiger partial charge in [-0.05, 0) is 102 Å². The molecule has 0 N–H and O–H groups in total. The number of rotatable bonds is 7. The van der Waals surface area contributed by atoms with Crippen LogP contribution in [-0.2, 0) is 0 Å². The molecule has 12 rings (SSSR count). The van der Waals surface area contributed by atoms with Gasteiger partial charge in [0.05, 0.1) is 5.69 Å². The Hall–Kier alpha value is -7.30. The van der Waals surface area contributed by atoms with Crippen LogP contribution in [0.15, 0.2) is 237 Å². The summed E-state index contributed by atoms with van der Waals surface area (Å²) in [4.78, 5) is 2.40. The van der Waals surface area contributed by atoms with Crippen molar-refractivity contribution in [2.75, 3.05) is 4.90 Å². The number of hydrogen-bond acceptors (Lipinski definition) is 2. The average Bonchev–Trinajstić information content (AvgIpc) is 3.86. The Balaban J connectivity index is 1.03. The number of nitrogens with zero attached hydrogens (tertiary/aromatic N) is 1. The molecule has 61 heavy (non-hydrogen) atoms. The minimum absolute atomic E-state index is 1.12. The Kier molecular flexibility index (Phi) is 8.44. The van der Waals surface area contributed by atoms with Gasteiger partial charge in [-0.3, -0.25) is 0 Å². The highest BCUT2D eigenvalue weighted by atomic mass is 32.1. The number of thiophene rings is 1. The molecule has 3 heteroatoms. The predicted molar refractivity (Wildman–Crippen MR) is 265 cm³/mol. The summed E-state index contributed by atoms with van der Waals surface area (Å²) < 4.78 is 2.69. The summed E-state index contributed by atoms with van der Waals surface area (Å²) >= 11 is 1.91. The molecule has 0 spiro atoms. The van der Waals surface area contributed by atoms with Gasteiger partial charge >= 0.3 is 0 Å². The minimum atomic E-state index is -2.74. The van der Waals surface area contributed by atoms with Crippen LogP contribution in [0.25, 0.3) is 64.3 Å². The van der Waals surface area contributed by atoms with Gasteiger partial charge in [0.1, 0.15) is 0 Å². The van der Waals surface area contributed by atoms with E-state index in [-0.39, 0.29) is 0 Å². The minimum Gasteiger partial charge on any atom is -0.310 e. The third-order valence-electron chi connectivity index (χ3n) is 12.8. The highest BCUT2D eigenvalue weighted by Gasteiger charge is 2.49. The van der Waals surface area contributed by atoms with Gasteiger partial charge in [0, 0.05) is 36.9 Å². The molecule has 0 radical (unpaired) electrons. The van der Waals surface area contributed by atoms with Crippen molar-refractivity contribution in [3.8, 4) is 33.4 Å². The molecule has 0 aliphatic carbocycles. The molecule has 1 nitrogen and oxygen atoms in total. The fourth-order valence-electron chi connectivity index (χ4n) is 10.0. The van der Waals surface area contributed by atoms with E-state index in [0.29, 0.717) is 0 Å². The second-order valence-corrected chi connectivity index (χ2v) is 20.8. The molecular weight excluding hydrogens is 771 g/mol. The van der Waals surface area contributed by atoms with Crippen molar-refractivity contribution in [1.82, 2.24) is 0 Å². The summed E-state index contributed by atoms with van der Waals surface area (Å²) in [5, 5.41) is 10.9. The van der Waals surface area contributed by atoms with Gasteiger partial charge in [-0.15, -0.1) is 11.3 Å². The molecule has 0 saturated carbocycles. The van der Waals surface area contributed by atoms with Crippen molar-refractivity contribution in [3.63, 3.8) is 0 Å². The zero-order valence-electron chi connectivity index (χ0n) is 33.4. The molecule has 0 bridgehead atoms. The molecule has 0 fully saturated rings. The highest BCUT2D eigenvalue weighted by Crippen LogP contribution is 2.44. The first-order valence-electron chi connectivity index (χ1n) is 21.0. The zero-order chi connectivity index (χ0) is 40.3. The van der Waals surface area contributed by atoms with Gasteiger partial charge in [-0.2, -0.15) is 0 Å². The van der Waals surface area contributed by atoms with Crippen LogP contribution in [0.2, 0.25) is 0 Å². The van der Waals surface area contributed by atoms with Crippen LogP contribution in [0.4, 0.5) is 17.1 Å². The van der Waals surface area contributed by atoms with E-state index in [0.717, 1.165) is 17.1 Å². The first kappa shape index (κ1) is 35.6. The van der Waals surface area contributed by atoms with E-state index in [1.165, 1.54) is 85.1 Å². The lowest BCUT2D eigenvalue weighted by Gasteiger charge is -2.31. The Bertz CT molecular complexity index is 3350. The van der Waals surface area contributed by atoms with E-state index < -0.39 is 8.07 Å². The van der Waals surface area contributed by atoms with Gasteiger partial charge < -0.3 is 4.90 Å². The molecule has 10 aromatic carbocycles. The summed E-state index contributed by atoms with van der Waals surface area (Å²) in [5.41, 5.74) is 11.0. The van der Waals surface area contributed by atoms with Gasteiger partial charge in [0.25, 0.3) is 0 Å². The Labute approximate surface area is 361 Å². The molecule has 286 valence electrons. The summed E-state index contributed by atoms with van der Waals surface area (Å²) in [6.07, 6.45) is 0. The third-order valence-corrected chi connectivity index (χ3v) is 18.7. The van der Waals surface area contributed by atoms with Crippen molar-refractivity contribution in [2.45, 2.75) is 0 Å². The Morgan fingerprint density at radius 2 is 0.902 bits per heavy atom. The number of anilines is 3. The van der Waals surface area contributed by atoms with Crippen LogP contribution < -0.4 is 25.6 Å². The molecule has 0 saturated heterocycles. The van der Waals surface area contributed by atoms with E-state index in [1.807, 2.05) is 11.3 Å². The van der Waals surface area contributed by atoms with Crippen molar-refractivity contribution in [1.29, 1.82) is 0 Å². The van der Waals surface area contributed by atoms with E-state index in [9.17, 15) is 0 Å². The lowest BCUT2D eigenvalue weighted by Crippen LogP contribution is -2.72. The molecule has 0 unspecified atom stereocenters. The predicted octanol–water partition coefficient (Wildman–Crippen LogP) is 13.4. The molecular formula is C58H39NSSi. The number of benzene rings is 10.